The maximum absolute atomic E-state index is 12.6. The summed E-state index contributed by atoms with van der Waals surface area (Å²) in [7, 11) is 1.54. The number of aromatic nitrogens is 2. The quantitative estimate of drug-likeness (QED) is 0.841. The molecule has 6 nitrogen and oxygen atoms in total. The maximum Gasteiger partial charge on any atom is 0.274 e. The van der Waals surface area contributed by atoms with Gasteiger partial charge in [-0.25, -0.2) is 9.97 Å². The summed E-state index contributed by atoms with van der Waals surface area (Å²) < 4.78 is 5.25. The zero-order chi connectivity index (χ0) is 17.8. The first kappa shape index (κ1) is 17.5. The van der Waals surface area contributed by atoms with Crippen LogP contribution in [0.1, 0.15) is 41.9 Å². The molecule has 0 unspecified atom stereocenters. The van der Waals surface area contributed by atoms with Gasteiger partial charge in [-0.3, -0.25) is 4.79 Å². The molecule has 25 heavy (non-hydrogen) atoms. The van der Waals surface area contributed by atoms with Crippen LogP contribution in [0.5, 0.6) is 5.75 Å². The van der Waals surface area contributed by atoms with Gasteiger partial charge in [-0.15, -0.1) is 0 Å². The smallest absolute Gasteiger partial charge is 0.274 e. The Bertz CT molecular complexity index is 776. The van der Waals surface area contributed by atoms with Crippen LogP contribution in [0.25, 0.3) is 0 Å². The Morgan fingerprint density at radius 3 is 2.72 bits per heavy atom. The van der Waals surface area contributed by atoms with E-state index in [0.717, 1.165) is 18.5 Å². The molecule has 132 valence electrons. The lowest BCUT2D eigenvalue weighted by atomic mass is 10.2. The van der Waals surface area contributed by atoms with Crippen LogP contribution in [-0.4, -0.2) is 29.0 Å². The van der Waals surface area contributed by atoms with Crippen molar-refractivity contribution in [2.24, 2.45) is 0 Å². The average Bonchev–Trinajstić information content (AvgIpc) is 3.07. The van der Waals surface area contributed by atoms with Crippen LogP contribution in [0.3, 0.4) is 0 Å². The molecule has 2 aromatic rings. The van der Waals surface area contributed by atoms with Crippen LogP contribution in [0.4, 0.5) is 11.6 Å². The molecule has 0 spiro atoms. The number of nitrogens with one attached hydrogen (secondary N) is 2. The van der Waals surface area contributed by atoms with Crippen LogP contribution >= 0.6 is 11.6 Å². The van der Waals surface area contributed by atoms with Crippen molar-refractivity contribution in [3.05, 3.63) is 40.7 Å². The van der Waals surface area contributed by atoms with Crippen molar-refractivity contribution in [3.8, 4) is 5.75 Å². The van der Waals surface area contributed by atoms with Gasteiger partial charge in [-0.1, -0.05) is 24.4 Å². The molecule has 1 heterocycles. The van der Waals surface area contributed by atoms with Crippen LogP contribution in [0.2, 0.25) is 5.02 Å². The number of anilines is 2. The first-order valence-corrected chi connectivity index (χ1v) is 8.70. The molecule has 3 rings (SSSR count). The predicted octanol–water partition coefficient (Wildman–Crippen LogP) is 4.05. The lowest BCUT2D eigenvalue weighted by Crippen LogP contribution is -2.20. The highest BCUT2D eigenvalue weighted by atomic mass is 35.5. The van der Waals surface area contributed by atoms with E-state index in [1.54, 1.807) is 24.3 Å². The molecule has 1 saturated carbocycles. The number of benzene rings is 1. The third-order valence-corrected chi connectivity index (χ3v) is 4.42. The fourth-order valence-corrected chi connectivity index (χ4v) is 3.14. The number of rotatable bonds is 5. The third-order valence-electron chi connectivity index (χ3n) is 4.18. The summed E-state index contributed by atoms with van der Waals surface area (Å²) in [5.41, 5.74) is 1.54. The second-order valence-corrected chi connectivity index (χ2v) is 6.58. The van der Waals surface area contributed by atoms with Gasteiger partial charge >= 0.3 is 0 Å². The number of nitrogens with zero attached hydrogens (tertiary/aromatic N) is 2. The van der Waals surface area contributed by atoms with Gasteiger partial charge in [0.25, 0.3) is 5.91 Å². The highest BCUT2D eigenvalue weighted by Crippen LogP contribution is 2.28. The van der Waals surface area contributed by atoms with Gasteiger partial charge in [0.1, 0.15) is 11.4 Å². The van der Waals surface area contributed by atoms with Crippen LogP contribution in [-0.2, 0) is 0 Å². The van der Waals surface area contributed by atoms with E-state index < -0.39 is 0 Å². The summed E-state index contributed by atoms with van der Waals surface area (Å²) in [6.07, 6.45) is 4.65. The zero-order valence-electron chi connectivity index (χ0n) is 14.3. The molecule has 0 saturated heterocycles. The van der Waals surface area contributed by atoms with Crippen molar-refractivity contribution in [2.75, 3.05) is 17.7 Å². The Hall–Kier alpha value is -2.34. The number of amides is 1. The molecule has 2 N–H and O–H groups in total. The fraction of sp³-hybridized carbons (Fsp3) is 0.389. The van der Waals surface area contributed by atoms with Gasteiger partial charge < -0.3 is 15.4 Å². The van der Waals surface area contributed by atoms with Gasteiger partial charge in [0.2, 0.25) is 5.95 Å². The molecule has 1 fully saturated rings. The minimum atomic E-state index is -0.333. The van der Waals surface area contributed by atoms with Crippen molar-refractivity contribution in [3.63, 3.8) is 0 Å². The molecule has 0 atom stereocenters. The minimum Gasteiger partial charge on any atom is -0.495 e. The van der Waals surface area contributed by atoms with E-state index in [1.807, 2.05) is 6.92 Å². The van der Waals surface area contributed by atoms with Crippen molar-refractivity contribution in [1.29, 1.82) is 0 Å². The lowest BCUT2D eigenvalue weighted by Gasteiger charge is -2.14. The number of halogens is 1. The summed E-state index contributed by atoms with van der Waals surface area (Å²) in [5, 5.41) is 6.64. The van der Waals surface area contributed by atoms with Gasteiger partial charge in [-0.2, -0.15) is 0 Å². The number of ether oxygens (including phenoxy) is 1. The van der Waals surface area contributed by atoms with Crippen LogP contribution < -0.4 is 15.4 Å². The number of aryl methyl sites for hydroxylation is 1. The first-order valence-electron chi connectivity index (χ1n) is 8.32. The van der Waals surface area contributed by atoms with E-state index in [1.165, 1.54) is 20.0 Å². The number of hydrogen-bond acceptors (Lipinski definition) is 5. The predicted molar refractivity (Wildman–Crippen MR) is 98.6 cm³/mol. The van der Waals surface area contributed by atoms with Gasteiger partial charge in [-0.05, 0) is 44.0 Å². The van der Waals surface area contributed by atoms with Crippen molar-refractivity contribution < 1.29 is 9.53 Å². The number of carbonyl (C=O) groups is 1. The van der Waals surface area contributed by atoms with Crippen LogP contribution in [0, 0.1) is 6.92 Å². The van der Waals surface area contributed by atoms with E-state index in [9.17, 15) is 4.79 Å². The second kappa shape index (κ2) is 7.70. The maximum atomic E-state index is 12.6. The SMILES string of the molecule is COc1ccc(Cl)cc1NC(=O)c1cc(C)nc(NC2CCCC2)n1. The lowest BCUT2D eigenvalue weighted by molar-refractivity contribution is 0.102. The third kappa shape index (κ3) is 4.39. The monoisotopic (exact) mass is 360 g/mol. The van der Waals surface area contributed by atoms with Crippen molar-refractivity contribution >= 4 is 29.1 Å². The highest BCUT2D eigenvalue weighted by Gasteiger charge is 2.18. The average molecular weight is 361 g/mol. The van der Waals surface area contributed by atoms with Crippen molar-refractivity contribution in [2.45, 2.75) is 38.6 Å². The second-order valence-electron chi connectivity index (χ2n) is 6.14. The fourth-order valence-electron chi connectivity index (χ4n) is 2.97. The van der Waals surface area contributed by atoms with Gasteiger partial charge in [0.05, 0.1) is 12.8 Å². The van der Waals surface area contributed by atoms with Crippen LogP contribution in [0.15, 0.2) is 24.3 Å². The van der Waals surface area contributed by atoms with Gasteiger partial charge in [0.15, 0.2) is 0 Å². The molecule has 1 aromatic heterocycles. The number of carbonyl (C=O) groups excluding carboxylic acids is 1. The molecular formula is C18H21ClN4O2. The molecule has 1 aliphatic rings. The minimum absolute atomic E-state index is 0.301. The normalized spacial score (nSPS) is 14.4. The summed E-state index contributed by atoms with van der Waals surface area (Å²) >= 11 is 6.01. The van der Waals surface area contributed by atoms with Gasteiger partial charge in [0, 0.05) is 16.8 Å². The molecule has 0 aliphatic heterocycles. The number of hydrogen-bond donors (Lipinski definition) is 2. The molecule has 0 bridgehead atoms. The highest BCUT2D eigenvalue weighted by molar-refractivity contribution is 6.31. The standard InChI is InChI=1S/C18H21ClN4O2/c1-11-9-15(23-18(20-11)21-13-5-3-4-6-13)17(24)22-14-10-12(19)7-8-16(14)25-2/h7-10,13H,3-6H2,1-2H3,(H,22,24)(H,20,21,23). The van der Waals surface area contributed by atoms with E-state index in [4.69, 9.17) is 16.3 Å². The Morgan fingerprint density at radius 1 is 1.24 bits per heavy atom. The van der Waals surface area contributed by atoms with E-state index in [-0.39, 0.29) is 5.91 Å². The van der Waals surface area contributed by atoms with E-state index in [2.05, 4.69) is 20.6 Å². The topological polar surface area (TPSA) is 76.1 Å². The zero-order valence-corrected chi connectivity index (χ0v) is 15.1. The molecule has 1 aromatic carbocycles. The summed E-state index contributed by atoms with van der Waals surface area (Å²) in [4.78, 5) is 21.4. The number of methoxy groups -OCH3 is 1. The molecule has 1 aliphatic carbocycles. The molecule has 7 heteroatoms. The van der Waals surface area contributed by atoms with E-state index in [0.29, 0.717) is 34.1 Å². The Balaban J connectivity index is 1.79. The van der Waals surface area contributed by atoms with Crippen molar-refractivity contribution in [1.82, 2.24) is 9.97 Å². The molecular weight excluding hydrogens is 340 g/mol. The summed E-state index contributed by atoms with van der Waals surface area (Å²) in [6, 6.07) is 7.09. The Kier molecular flexibility index (Phi) is 5.38. The summed E-state index contributed by atoms with van der Waals surface area (Å²) in [6.45, 7) is 1.85. The molecule has 0 radical (unpaired) electrons. The van der Waals surface area contributed by atoms with E-state index >= 15 is 0 Å². The Morgan fingerprint density at radius 2 is 2.00 bits per heavy atom. The Labute approximate surface area is 152 Å². The molecule has 1 amide bonds. The largest absolute Gasteiger partial charge is 0.495 e. The summed E-state index contributed by atoms with van der Waals surface area (Å²) in [5.74, 6) is 0.698. The first-order chi connectivity index (χ1) is 12.0.